The summed E-state index contributed by atoms with van der Waals surface area (Å²) < 4.78 is 0. The van der Waals surface area contributed by atoms with E-state index in [0.29, 0.717) is 18.4 Å². The summed E-state index contributed by atoms with van der Waals surface area (Å²) >= 11 is 0. The predicted molar refractivity (Wildman–Crippen MR) is 48.9 cm³/mol. The smallest absolute Gasteiger partial charge is 0.188 e. The minimum Gasteiger partial charge on any atom is -0.391 e. The Kier molecular flexibility index (Phi) is 3.34. The van der Waals surface area contributed by atoms with Gasteiger partial charge in [-0.2, -0.15) is 0 Å². The number of aliphatic hydroxyl groups is 1. The SMILES string of the molecule is CCNC(N)=NCC(O)C1CC1. The molecule has 0 aromatic rings. The van der Waals surface area contributed by atoms with Crippen LogP contribution in [0.3, 0.4) is 0 Å². The molecule has 1 aliphatic rings. The summed E-state index contributed by atoms with van der Waals surface area (Å²) in [5.74, 6) is 0.903. The van der Waals surface area contributed by atoms with Crippen LogP contribution in [0.25, 0.3) is 0 Å². The van der Waals surface area contributed by atoms with Crippen LogP contribution in [0.15, 0.2) is 4.99 Å². The molecule has 0 aliphatic heterocycles. The Morgan fingerprint density at radius 3 is 2.92 bits per heavy atom. The van der Waals surface area contributed by atoms with E-state index in [-0.39, 0.29) is 6.10 Å². The molecule has 12 heavy (non-hydrogen) atoms. The summed E-state index contributed by atoms with van der Waals surface area (Å²) in [5.41, 5.74) is 5.48. The van der Waals surface area contributed by atoms with Gasteiger partial charge in [-0.1, -0.05) is 0 Å². The minimum absolute atomic E-state index is 0.290. The molecule has 0 aromatic heterocycles. The molecule has 0 heterocycles. The lowest BCUT2D eigenvalue weighted by molar-refractivity contribution is 0.160. The molecule has 0 spiro atoms. The largest absolute Gasteiger partial charge is 0.391 e. The highest BCUT2D eigenvalue weighted by atomic mass is 16.3. The second-order valence-corrected chi connectivity index (χ2v) is 3.16. The van der Waals surface area contributed by atoms with Gasteiger partial charge in [-0.05, 0) is 25.7 Å². The van der Waals surface area contributed by atoms with E-state index in [4.69, 9.17) is 5.73 Å². The van der Waals surface area contributed by atoms with E-state index in [2.05, 4.69) is 10.3 Å². The molecule has 0 saturated heterocycles. The molecule has 1 atom stereocenters. The topological polar surface area (TPSA) is 70.6 Å². The average molecular weight is 171 g/mol. The molecule has 0 bridgehead atoms. The lowest BCUT2D eigenvalue weighted by Gasteiger charge is -2.06. The highest BCUT2D eigenvalue weighted by molar-refractivity contribution is 5.77. The predicted octanol–water partition coefficient (Wildman–Crippen LogP) is -0.318. The molecular weight excluding hydrogens is 154 g/mol. The molecule has 4 nitrogen and oxygen atoms in total. The van der Waals surface area contributed by atoms with Crippen LogP contribution in [0.1, 0.15) is 19.8 Å². The standard InChI is InChI=1S/C8H17N3O/c1-2-10-8(9)11-5-7(12)6-3-4-6/h6-7,12H,2-5H2,1H3,(H3,9,10,11). The molecule has 0 radical (unpaired) electrons. The zero-order valence-electron chi connectivity index (χ0n) is 7.45. The summed E-state index contributed by atoms with van der Waals surface area (Å²) in [7, 11) is 0. The van der Waals surface area contributed by atoms with Gasteiger partial charge in [0, 0.05) is 6.54 Å². The summed E-state index contributed by atoms with van der Waals surface area (Å²) in [5, 5.41) is 12.3. The Labute approximate surface area is 72.9 Å². The van der Waals surface area contributed by atoms with Gasteiger partial charge in [-0.25, -0.2) is 0 Å². The van der Waals surface area contributed by atoms with Gasteiger partial charge >= 0.3 is 0 Å². The number of guanidine groups is 1. The number of nitrogens with zero attached hydrogens (tertiary/aromatic N) is 1. The molecule has 1 aliphatic carbocycles. The van der Waals surface area contributed by atoms with Crippen molar-refractivity contribution in [2.45, 2.75) is 25.9 Å². The van der Waals surface area contributed by atoms with Crippen LogP contribution in [0.5, 0.6) is 0 Å². The van der Waals surface area contributed by atoms with Crippen LogP contribution in [0.2, 0.25) is 0 Å². The Bertz CT molecular complexity index is 166. The Morgan fingerprint density at radius 2 is 2.42 bits per heavy atom. The van der Waals surface area contributed by atoms with Gasteiger partial charge < -0.3 is 16.2 Å². The summed E-state index contributed by atoms with van der Waals surface area (Å²) in [6.07, 6.45) is 1.98. The summed E-state index contributed by atoms with van der Waals surface area (Å²) in [6, 6.07) is 0. The number of rotatable bonds is 4. The minimum atomic E-state index is -0.290. The van der Waals surface area contributed by atoms with Crippen molar-refractivity contribution >= 4 is 5.96 Å². The number of nitrogens with one attached hydrogen (secondary N) is 1. The first-order valence-corrected chi connectivity index (χ1v) is 4.46. The van der Waals surface area contributed by atoms with E-state index in [9.17, 15) is 5.11 Å². The molecule has 1 unspecified atom stereocenters. The van der Waals surface area contributed by atoms with Gasteiger partial charge in [0.05, 0.1) is 12.6 Å². The molecule has 1 rings (SSSR count). The van der Waals surface area contributed by atoms with E-state index < -0.39 is 0 Å². The quantitative estimate of drug-likeness (QED) is 0.401. The maximum atomic E-state index is 9.42. The average Bonchev–Trinajstić information content (AvgIpc) is 2.83. The lowest BCUT2D eigenvalue weighted by Crippen LogP contribution is -2.32. The van der Waals surface area contributed by atoms with Crippen LogP contribution < -0.4 is 11.1 Å². The van der Waals surface area contributed by atoms with Crippen LogP contribution in [0.4, 0.5) is 0 Å². The van der Waals surface area contributed by atoms with Gasteiger partial charge in [0.25, 0.3) is 0 Å². The number of aliphatic hydroxyl groups excluding tert-OH is 1. The zero-order valence-corrected chi connectivity index (χ0v) is 7.45. The molecule has 1 fully saturated rings. The van der Waals surface area contributed by atoms with Crippen molar-refractivity contribution < 1.29 is 5.11 Å². The van der Waals surface area contributed by atoms with E-state index >= 15 is 0 Å². The number of nitrogens with two attached hydrogens (primary N) is 1. The van der Waals surface area contributed by atoms with Crippen LogP contribution in [-0.4, -0.2) is 30.3 Å². The Balaban J connectivity index is 2.16. The highest BCUT2D eigenvalue weighted by Gasteiger charge is 2.29. The van der Waals surface area contributed by atoms with E-state index in [1.807, 2.05) is 6.92 Å². The van der Waals surface area contributed by atoms with Crippen LogP contribution in [0, 0.1) is 5.92 Å². The second kappa shape index (κ2) is 4.30. The summed E-state index contributed by atoms with van der Waals surface area (Å²) in [4.78, 5) is 4.01. The fourth-order valence-corrected chi connectivity index (χ4v) is 1.06. The van der Waals surface area contributed by atoms with E-state index in [0.717, 1.165) is 19.4 Å². The number of hydrogen-bond donors (Lipinski definition) is 3. The van der Waals surface area contributed by atoms with Crippen LogP contribution in [-0.2, 0) is 0 Å². The third-order valence-corrected chi connectivity index (χ3v) is 1.97. The molecule has 4 heteroatoms. The highest BCUT2D eigenvalue weighted by Crippen LogP contribution is 2.32. The third-order valence-electron chi connectivity index (χ3n) is 1.97. The van der Waals surface area contributed by atoms with Gasteiger partial charge in [0.2, 0.25) is 0 Å². The normalized spacial score (nSPS) is 20.7. The molecular formula is C8H17N3O. The maximum absolute atomic E-state index is 9.42. The van der Waals surface area contributed by atoms with Crippen LogP contribution >= 0.6 is 0 Å². The lowest BCUT2D eigenvalue weighted by atomic mass is 10.2. The van der Waals surface area contributed by atoms with Crippen molar-refractivity contribution in [1.29, 1.82) is 0 Å². The van der Waals surface area contributed by atoms with Crippen molar-refractivity contribution in [3.05, 3.63) is 0 Å². The Morgan fingerprint density at radius 1 is 1.75 bits per heavy atom. The molecule has 0 amide bonds. The third kappa shape index (κ3) is 3.09. The molecule has 0 aromatic carbocycles. The van der Waals surface area contributed by atoms with E-state index in [1.165, 1.54) is 0 Å². The second-order valence-electron chi connectivity index (χ2n) is 3.16. The molecule has 4 N–H and O–H groups in total. The monoisotopic (exact) mass is 171 g/mol. The number of hydrogen-bond acceptors (Lipinski definition) is 2. The fourth-order valence-electron chi connectivity index (χ4n) is 1.06. The van der Waals surface area contributed by atoms with E-state index in [1.54, 1.807) is 0 Å². The summed E-state index contributed by atoms with van der Waals surface area (Å²) in [6.45, 7) is 3.16. The van der Waals surface area contributed by atoms with Gasteiger partial charge in [0.1, 0.15) is 0 Å². The maximum Gasteiger partial charge on any atom is 0.188 e. The van der Waals surface area contributed by atoms with Crippen molar-refractivity contribution in [2.24, 2.45) is 16.6 Å². The van der Waals surface area contributed by atoms with Crippen molar-refractivity contribution in [3.63, 3.8) is 0 Å². The van der Waals surface area contributed by atoms with Gasteiger partial charge in [-0.15, -0.1) is 0 Å². The molecule has 70 valence electrons. The fraction of sp³-hybridized carbons (Fsp3) is 0.875. The zero-order chi connectivity index (χ0) is 8.97. The number of aliphatic imine (C=N–C) groups is 1. The van der Waals surface area contributed by atoms with Gasteiger partial charge in [0.15, 0.2) is 5.96 Å². The van der Waals surface area contributed by atoms with Crippen molar-refractivity contribution in [1.82, 2.24) is 5.32 Å². The van der Waals surface area contributed by atoms with Crippen molar-refractivity contribution in [3.8, 4) is 0 Å². The van der Waals surface area contributed by atoms with Crippen molar-refractivity contribution in [2.75, 3.05) is 13.1 Å². The molecule has 1 saturated carbocycles. The Hall–Kier alpha value is -0.770. The van der Waals surface area contributed by atoms with Gasteiger partial charge in [-0.3, -0.25) is 4.99 Å². The first kappa shape index (κ1) is 9.32. The first-order chi connectivity index (χ1) is 5.74. The first-order valence-electron chi connectivity index (χ1n) is 4.46.